The molecule has 0 nitrogen and oxygen atoms in total. The van der Waals surface area contributed by atoms with E-state index >= 15 is 0 Å². The molecule has 0 saturated carbocycles. The largest absolute Gasteiger partial charge is 1.00 e. The number of fused-ring (bicyclic) bond motifs is 6. The summed E-state index contributed by atoms with van der Waals surface area (Å²) in [5, 5.41) is 3.58. The number of halogens is 2. The van der Waals surface area contributed by atoms with Crippen LogP contribution in [-0.4, -0.2) is 6.66 Å². The van der Waals surface area contributed by atoms with E-state index in [2.05, 4.69) is 70.8 Å². The monoisotopic (exact) mass is 458 g/mol. The molecule has 3 aliphatic rings. The van der Waals surface area contributed by atoms with Gasteiger partial charge in [-0.25, -0.2) is 0 Å². The fourth-order valence-electron chi connectivity index (χ4n) is 4.85. The van der Waals surface area contributed by atoms with Crippen molar-refractivity contribution in [2.24, 2.45) is 0 Å². The molecule has 1 saturated heterocycles. The van der Waals surface area contributed by atoms with Crippen molar-refractivity contribution in [1.29, 1.82) is 0 Å². The van der Waals surface area contributed by atoms with Crippen molar-refractivity contribution in [2.45, 2.75) is 34.9 Å². The third-order valence-corrected chi connectivity index (χ3v) is 14.4. The maximum atomic E-state index is 2.59. The van der Waals surface area contributed by atoms with Crippen LogP contribution in [0, 0.1) is 27.7 Å². The molecule has 2 aliphatic carbocycles. The Bertz CT molecular complexity index is 926. The summed E-state index contributed by atoms with van der Waals surface area (Å²) < 4.78 is 1.62. The molecule has 2 atom stereocenters. The second-order valence-electron chi connectivity index (χ2n) is 7.78. The van der Waals surface area contributed by atoms with E-state index in [-0.39, 0.29) is 17.3 Å². The number of hydrogen-bond acceptors (Lipinski definition) is 0. The van der Waals surface area contributed by atoms with Gasteiger partial charge in [-0.3, -0.25) is 0 Å². The Kier molecular flexibility index (Phi) is 5.52. The molecular formula is C23H23F2PZr. The first-order valence-electron chi connectivity index (χ1n) is 9.10. The maximum Gasteiger partial charge on any atom is -1.00 e. The third kappa shape index (κ3) is 2.80. The number of benzene rings is 2. The number of rotatable bonds is 0. The smallest absolute Gasteiger partial charge is 1.00 e. The van der Waals surface area contributed by atoms with Crippen LogP contribution in [0.2, 0.25) is 0 Å². The first kappa shape index (κ1) is 20.8. The Hall–Kier alpha value is -0.907. The summed E-state index contributed by atoms with van der Waals surface area (Å²) >= 11 is -0.623. The summed E-state index contributed by atoms with van der Waals surface area (Å²) in [6.07, 6.45) is 5.18. The van der Waals surface area contributed by atoms with Crippen molar-refractivity contribution < 1.29 is 32.6 Å². The summed E-state index contributed by atoms with van der Waals surface area (Å²) in [6.45, 7) is 11.8. The van der Waals surface area contributed by atoms with E-state index in [1.165, 1.54) is 22.3 Å². The van der Waals surface area contributed by atoms with Gasteiger partial charge in [0.25, 0.3) is 0 Å². The fraction of sp³-hybridized carbons (Fsp3) is 0.304. The van der Waals surface area contributed by atoms with E-state index in [0.717, 1.165) is 7.25 Å². The molecule has 0 radical (unpaired) electrons. The Morgan fingerprint density at radius 3 is 1.44 bits per heavy atom. The molecule has 27 heavy (non-hydrogen) atoms. The summed E-state index contributed by atoms with van der Waals surface area (Å²) in [4.78, 5) is 0. The molecule has 2 aromatic rings. The molecule has 1 aliphatic heterocycles. The topological polar surface area (TPSA) is 0 Å². The van der Waals surface area contributed by atoms with Crippen LogP contribution in [0.4, 0.5) is 0 Å². The predicted molar refractivity (Wildman–Crippen MR) is 106 cm³/mol. The molecule has 0 aromatic heterocycles. The molecular weight excluding hydrogens is 436 g/mol. The van der Waals surface area contributed by atoms with Crippen molar-refractivity contribution >= 4 is 20.1 Å². The first-order valence-corrected chi connectivity index (χ1v) is 13.7. The molecule has 2 unspecified atom stereocenters. The van der Waals surface area contributed by atoms with E-state index in [4.69, 9.17) is 0 Å². The molecule has 0 spiro atoms. The van der Waals surface area contributed by atoms with Crippen LogP contribution in [-0.2, 0) is 23.2 Å². The number of hydrogen-bond donors (Lipinski definition) is 0. The first-order chi connectivity index (χ1) is 12.0. The average Bonchev–Trinajstić information content (AvgIpc) is 3.16. The van der Waals surface area contributed by atoms with Crippen LogP contribution in [0.3, 0.4) is 0 Å². The average molecular weight is 460 g/mol. The minimum atomic E-state index is -0.623. The Balaban J connectivity index is 0.00000105. The van der Waals surface area contributed by atoms with Crippen molar-refractivity contribution in [3.63, 3.8) is 0 Å². The Morgan fingerprint density at radius 1 is 0.667 bits per heavy atom. The van der Waals surface area contributed by atoms with Gasteiger partial charge in [-0.15, -0.1) is 0 Å². The second-order valence-corrected chi connectivity index (χ2v) is 13.6. The summed E-state index contributed by atoms with van der Waals surface area (Å²) in [7, 11) is -0.150. The Morgan fingerprint density at radius 2 is 1.04 bits per heavy atom. The molecule has 0 bridgehead atoms. The third-order valence-electron chi connectivity index (χ3n) is 6.31. The second kappa shape index (κ2) is 7.16. The van der Waals surface area contributed by atoms with Crippen LogP contribution in [0.25, 0.3) is 12.2 Å². The molecule has 1 fully saturated rings. The zero-order valence-corrected chi connectivity index (χ0v) is 19.7. The fourth-order valence-corrected chi connectivity index (χ4v) is 15.3. The number of allylic oxidation sites excluding steroid dienone is 2. The molecule has 2 aromatic carbocycles. The van der Waals surface area contributed by atoms with Gasteiger partial charge < -0.3 is 9.41 Å². The van der Waals surface area contributed by atoms with Gasteiger partial charge in [0.2, 0.25) is 0 Å². The normalized spacial score (nSPS) is 23.2. The van der Waals surface area contributed by atoms with Gasteiger partial charge in [-0.05, 0) is 0 Å². The van der Waals surface area contributed by atoms with E-state index in [9.17, 15) is 0 Å². The summed E-state index contributed by atoms with van der Waals surface area (Å²) in [5.74, 6) is 0. The van der Waals surface area contributed by atoms with Crippen molar-refractivity contribution in [3.05, 3.63) is 79.4 Å². The maximum absolute atomic E-state index is 2.59. The van der Waals surface area contributed by atoms with Crippen LogP contribution >= 0.6 is 7.92 Å². The summed E-state index contributed by atoms with van der Waals surface area (Å²) in [6, 6.07) is 9.33. The van der Waals surface area contributed by atoms with Gasteiger partial charge in [-0.2, -0.15) is 0 Å². The van der Waals surface area contributed by atoms with Crippen molar-refractivity contribution in [3.8, 4) is 0 Å². The molecule has 1 heterocycles. The minimum absolute atomic E-state index is 0. The molecule has 138 valence electrons. The molecule has 5 rings (SSSR count). The molecule has 0 amide bonds. The molecule has 4 heteroatoms. The SMILES string of the molecule is Cc1ccc(C)c2c1C=C1[CH]2[Zr+2][CH]2C(=Cc3c(C)ccc(C)c32)P1C.[F-].[F-]. The van der Waals surface area contributed by atoms with Gasteiger partial charge in [0, 0.05) is 0 Å². The van der Waals surface area contributed by atoms with Crippen molar-refractivity contribution in [1.82, 2.24) is 0 Å². The van der Waals surface area contributed by atoms with E-state index < -0.39 is 23.2 Å². The zero-order valence-electron chi connectivity index (χ0n) is 16.3. The standard InChI is InChI=1S/C23H23P.2FH.Zr/c1-14-6-7-15(2)21-11-18(10-20(14)21)24(5)19-12-22-16(3)8-9-17(4)23(22)13-19;;;/h6-13H,1-5H3;2*1H;/q;;;+2/p-2. The van der Waals surface area contributed by atoms with Gasteiger partial charge in [0.1, 0.15) is 0 Å². The van der Waals surface area contributed by atoms with Gasteiger partial charge in [0.05, 0.1) is 0 Å². The molecule has 0 N–H and O–H groups in total. The summed E-state index contributed by atoms with van der Waals surface area (Å²) in [5.41, 5.74) is 12.5. The van der Waals surface area contributed by atoms with Crippen LogP contribution < -0.4 is 9.41 Å². The Labute approximate surface area is 173 Å². The zero-order chi connectivity index (χ0) is 17.5. The van der Waals surface area contributed by atoms with E-state index in [1.807, 2.05) is 0 Å². The number of aryl methyl sites for hydroxylation is 4. The quantitative estimate of drug-likeness (QED) is 0.507. The van der Waals surface area contributed by atoms with Gasteiger partial charge in [0.15, 0.2) is 0 Å². The van der Waals surface area contributed by atoms with Crippen LogP contribution in [0.15, 0.2) is 34.9 Å². The van der Waals surface area contributed by atoms with Gasteiger partial charge >= 0.3 is 164 Å². The minimum Gasteiger partial charge on any atom is -1.00 e. The van der Waals surface area contributed by atoms with Crippen LogP contribution in [0.1, 0.15) is 51.8 Å². The van der Waals surface area contributed by atoms with Gasteiger partial charge in [-0.1, -0.05) is 0 Å². The van der Waals surface area contributed by atoms with Crippen LogP contribution in [0.5, 0.6) is 0 Å². The van der Waals surface area contributed by atoms with E-state index in [0.29, 0.717) is 0 Å². The van der Waals surface area contributed by atoms with E-state index in [1.54, 1.807) is 32.9 Å². The predicted octanol–water partition coefficient (Wildman–Crippen LogP) is 0.627. The van der Waals surface area contributed by atoms with Crippen molar-refractivity contribution in [2.75, 3.05) is 6.66 Å².